The van der Waals surface area contributed by atoms with Crippen molar-refractivity contribution in [2.24, 2.45) is 0 Å². The van der Waals surface area contributed by atoms with Gasteiger partial charge in [-0.05, 0) is 55.9 Å². The van der Waals surface area contributed by atoms with Crippen LogP contribution in [0.1, 0.15) is 119 Å². The smallest absolute Gasteiger partial charge is 0.376 e. The Morgan fingerprint density at radius 1 is 1.00 bits per heavy atom. The van der Waals surface area contributed by atoms with E-state index in [1.165, 1.54) is 0 Å². The molecule has 5 rings (SSSR count). The molecule has 0 bridgehead atoms. The molecule has 44 heavy (non-hydrogen) atoms. The predicted molar refractivity (Wildman–Crippen MR) is 167 cm³/mol. The molecular formula is C33H41N7O4. The maximum Gasteiger partial charge on any atom is 0.376 e. The molecule has 11 nitrogen and oxygen atoms in total. The first-order valence-electron chi connectivity index (χ1n) is 15.4. The topological polar surface area (TPSA) is 133 Å². The SMILES string of the molecule is CCOC(=O)c1nc(NC(=O)NC2CCC(Oc3ccc4nnc(C(CC)CC)n4c3)c3ccccc32)cc(C(C)(C)C)n1. The van der Waals surface area contributed by atoms with Crippen molar-refractivity contribution in [1.29, 1.82) is 0 Å². The largest absolute Gasteiger partial charge is 0.484 e. The number of hydrogen-bond donors (Lipinski definition) is 2. The normalized spacial score (nSPS) is 16.4. The van der Waals surface area contributed by atoms with Crippen molar-refractivity contribution < 1.29 is 19.1 Å². The lowest BCUT2D eigenvalue weighted by Crippen LogP contribution is -2.36. The highest BCUT2D eigenvalue weighted by Crippen LogP contribution is 2.39. The second-order valence-corrected chi connectivity index (χ2v) is 12.1. The minimum atomic E-state index is -0.635. The molecule has 1 aliphatic rings. The van der Waals surface area contributed by atoms with Gasteiger partial charge in [0.1, 0.15) is 23.5 Å². The van der Waals surface area contributed by atoms with Gasteiger partial charge in [-0.25, -0.2) is 19.6 Å². The standard InChI is InChI=1S/C33H41N7O4/c1-7-20(8-2)30-39-38-28-17-14-21(19-40(28)30)44-25-16-15-24(22-12-10-11-13-23(22)25)34-32(42)37-27-18-26(33(4,5)6)35-29(36-27)31(41)43-9-3/h10-14,17-20,24-25H,7-9,15-16H2,1-6H3,(H2,34,35,36,37,42). The van der Waals surface area contributed by atoms with Gasteiger partial charge in [0.05, 0.1) is 24.5 Å². The molecule has 3 heterocycles. The van der Waals surface area contributed by atoms with Crippen LogP contribution < -0.4 is 15.4 Å². The summed E-state index contributed by atoms with van der Waals surface area (Å²) in [4.78, 5) is 34.3. The molecule has 0 aliphatic heterocycles. The number of esters is 1. The fraction of sp³-hybridized carbons (Fsp3) is 0.455. The summed E-state index contributed by atoms with van der Waals surface area (Å²) in [5.74, 6) is 1.52. The van der Waals surface area contributed by atoms with Crippen molar-refractivity contribution in [3.05, 3.63) is 77.1 Å². The number of hydrogen-bond acceptors (Lipinski definition) is 8. The van der Waals surface area contributed by atoms with Crippen LogP contribution in [0.25, 0.3) is 5.65 Å². The first-order valence-corrected chi connectivity index (χ1v) is 15.4. The van der Waals surface area contributed by atoms with E-state index in [0.717, 1.165) is 41.2 Å². The van der Waals surface area contributed by atoms with E-state index in [2.05, 4.69) is 44.6 Å². The van der Waals surface area contributed by atoms with Gasteiger partial charge in [0.2, 0.25) is 5.82 Å². The van der Waals surface area contributed by atoms with E-state index in [9.17, 15) is 9.59 Å². The van der Waals surface area contributed by atoms with Crippen molar-refractivity contribution in [2.75, 3.05) is 11.9 Å². The van der Waals surface area contributed by atoms with Crippen LogP contribution >= 0.6 is 0 Å². The Labute approximate surface area is 257 Å². The highest BCUT2D eigenvalue weighted by molar-refractivity contribution is 5.90. The summed E-state index contributed by atoms with van der Waals surface area (Å²) in [6.45, 7) is 12.2. The molecule has 0 saturated carbocycles. The van der Waals surface area contributed by atoms with Crippen LogP contribution in [0.2, 0.25) is 0 Å². The van der Waals surface area contributed by atoms with Crippen LogP contribution in [0.4, 0.5) is 10.6 Å². The Hall–Kier alpha value is -4.54. The van der Waals surface area contributed by atoms with E-state index in [0.29, 0.717) is 24.5 Å². The highest BCUT2D eigenvalue weighted by Gasteiger charge is 2.30. The van der Waals surface area contributed by atoms with Gasteiger partial charge in [0.15, 0.2) is 5.65 Å². The van der Waals surface area contributed by atoms with Gasteiger partial charge in [-0.3, -0.25) is 9.72 Å². The maximum absolute atomic E-state index is 13.2. The lowest BCUT2D eigenvalue weighted by Gasteiger charge is -2.32. The lowest BCUT2D eigenvalue weighted by atomic mass is 9.85. The third-order valence-electron chi connectivity index (χ3n) is 7.97. The monoisotopic (exact) mass is 599 g/mol. The number of nitrogens with zero attached hydrogens (tertiary/aromatic N) is 5. The van der Waals surface area contributed by atoms with Crippen LogP contribution in [0.3, 0.4) is 0 Å². The van der Waals surface area contributed by atoms with Gasteiger partial charge >= 0.3 is 12.0 Å². The molecule has 11 heteroatoms. The zero-order valence-electron chi connectivity index (χ0n) is 26.3. The van der Waals surface area contributed by atoms with Crippen LogP contribution in [-0.2, 0) is 10.2 Å². The van der Waals surface area contributed by atoms with E-state index in [-0.39, 0.29) is 35.8 Å². The molecule has 4 aromatic rings. The molecule has 2 N–H and O–H groups in total. The number of ether oxygens (including phenoxy) is 2. The lowest BCUT2D eigenvalue weighted by molar-refractivity contribution is 0.0511. The molecule has 2 unspecified atom stereocenters. The van der Waals surface area contributed by atoms with Crippen molar-refractivity contribution in [3.8, 4) is 5.75 Å². The number of fused-ring (bicyclic) bond motifs is 2. The summed E-state index contributed by atoms with van der Waals surface area (Å²) in [5, 5.41) is 14.7. The third kappa shape index (κ3) is 6.66. The molecule has 1 aliphatic carbocycles. The minimum absolute atomic E-state index is 0.0886. The number of urea groups is 1. The van der Waals surface area contributed by atoms with Crippen molar-refractivity contribution in [1.82, 2.24) is 29.9 Å². The number of rotatable bonds is 9. The van der Waals surface area contributed by atoms with Crippen LogP contribution in [-0.4, -0.2) is 43.2 Å². The summed E-state index contributed by atoms with van der Waals surface area (Å²) in [6.07, 6.45) is 5.15. The number of nitrogens with one attached hydrogen (secondary N) is 2. The number of carbonyl (C=O) groups excluding carboxylic acids is 2. The molecule has 3 aromatic heterocycles. The molecular weight excluding hydrogens is 558 g/mol. The van der Waals surface area contributed by atoms with Gasteiger partial charge < -0.3 is 14.8 Å². The molecule has 1 aromatic carbocycles. The summed E-state index contributed by atoms with van der Waals surface area (Å²) in [6, 6.07) is 12.9. The molecule has 0 saturated heterocycles. The third-order valence-corrected chi connectivity index (χ3v) is 7.97. The number of anilines is 1. The second kappa shape index (κ2) is 13.0. The van der Waals surface area contributed by atoms with E-state index < -0.39 is 12.0 Å². The summed E-state index contributed by atoms with van der Waals surface area (Å²) in [5.41, 5.74) is 3.06. The Morgan fingerprint density at radius 2 is 1.75 bits per heavy atom. The summed E-state index contributed by atoms with van der Waals surface area (Å²) >= 11 is 0. The second-order valence-electron chi connectivity index (χ2n) is 12.1. The number of benzene rings is 1. The number of pyridine rings is 1. The van der Waals surface area contributed by atoms with Gasteiger partial charge in [-0.2, -0.15) is 0 Å². The van der Waals surface area contributed by atoms with Crippen molar-refractivity contribution >= 4 is 23.5 Å². The summed E-state index contributed by atoms with van der Waals surface area (Å²) < 4.78 is 13.7. The first-order chi connectivity index (χ1) is 21.1. The number of aromatic nitrogens is 5. The Balaban J connectivity index is 1.33. The predicted octanol–water partition coefficient (Wildman–Crippen LogP) is 6.67. The minimum Gasteiger partial charge on any atom is -0.484 e. The summed E-state index contributed by atoms with van der Waals surface area (Å²) in [7, 11) is 0. The van der Waals surface area contributed by atoms with E-state index in [1.807, 2.05) is 67.8 Å². The molecule has 0 spiro atoms. The molecule has 2 atom stereocenters. The van der Waals surface area contributed by atoms with Crippen molar-refractivity contribution in [3.63, 3.8) is 0 Å². The maximum atomic E-state index is 13.2. The number of amides is 2. The molecule has 232 valence electrons. The molecule has 2 amide bonds. The molecule has 0 fully saturated rings. The average molecular weight is 600 g/mol. The van der Waals surface area contributed by atoms with E-state index >= 15 is 0 Å². The zero-order chi connectivity index (χ0) is 31.4. The van der Waals surface area contributed by atoms with Gasteiger partial charge in [-0.1, -0.05) is 58.9 Å². The van der Waals surface area contributed by atoms with Crippen LogP contribution in [0.15, 0.2) is 48.7 Å². The Kier molecular flexibility index (Phi) is 9.12. The van der Waals surface area contributed by atoms with Crippen LogP contribution in [0, 0.1) is 0 Å². The zero-order valence-corrected chi connectivity index (χ0v) is 26.3. The van der Waals surface area contributed by atoms with E-state index in [4.69, 9.17) is 9.47 Å². The van der Waals surface area contributed by atoms with E-state index in [1.54, 1.807) is 13.0 Å². The fourth-order valence-corrected chi connectivity index (χ4v) is 5.57. The fourth-order valence-electron chi connectivity index (χ4n) is 5.57. The van der Waals surface area contributed by atoms with Gasteiger partial charge in [0.25, 0.3) is 0 Å². The van der Waals surface area contributed by atoms with Gasteiger partial charge in [0, 0.05) is 17.4 Å². The Morgan fingerprint density at radius 3 is 2.45 bits per heavy atom. The molecule has 0 radical (unpaired) electrons. The van der Waals surface area contributed by atoms with Gasteiger partial charge in [-0.15, -0.1) is 10.2 Å². The quantitative estimate of drug-likeness (QED) is 0.204. The van der Waals surface area contributed by atoms with Crippen LogP contribution in [0.5, 0.6) is 5.75 Å². The highest BCUT2D eigenvalue weighted by atomic mass is 16.5. The average Bonchev–Trinajstić information content (AvgIpc) is 3.41. The first kappa shape index (κ1) is 30.9. The Bertz CT molecular complexity index is 1640. The number of carbonyl (C=O) groups is 2. The van der Waals surface area contributed by atoms with Crippen molar-refractivity contribution in [2.45, 2.75) is 90.7 Å².